The van der Waals surface area contributed by atoms with Crippen LogP contribution in [-0.2, 0) is 11.3 Å². The van der Waals surface area contributed by atoms with Gasteiger partial charge in [0, 0.05) is 31.3 Å². The van der Waals surface area contributed by atoms with Gasteiger partial charge >= 0.3 is 6.09 Å². The van der Waals surface area contributed by atoms with Crippen molar-refractivity contribution >= 4 is 6.09 Å². The summed E-state index contributed by atoms with van der Waals surface area (Å²) in [4.78, 5) is 26.1. The Morgan fingerprint density at radius 3 is 2.39 bits per heavy atom. The maximum atomic E-state index is 13.1. The first-order valence-corrected chi connectivity index (χ1v) is 9.53. The summed E-state index contributed by atoms with van der Waals surface area (Å²) in [6, 6.07) is 9.17. The van der Waals surface area contributed by atoms with Gasteiger partial charge in [-0.05, 0) is 69.9 Å². The van der Waals surface area contributed by atoms with Crippen molar-refractivity contribution in [3.63, 3.8) is 0 Å². The van der Waals surface area contributed by atoms with Crippen LogP contribution in [0.25, 0.3) is 11.3 Å². The summed E-state index contributed by atoms with van der Waals surface area (Å²) in [6.45, 7) is 7.26. The molecular weight excluding hydrogens is 361 g/mol. The summed E-state index contributed by atoms with van der Waals surface area (Å²) in [5.74, 6) is -0.0545. The van der Waals surface area contributed by atoms with Gasteiger partial charge in [0.05, 0.1) is 5.69 Å². The number of halogens is 1. The molecule has 150 valence electrons. The fourth-order valence-electron chi connectivity index (χ4n) is 3.22. The first-order chi connectivity index (χ1) is 13.2. The lowest BCUT2D eigenvalue weighted by molar-refractivity contribution is 0.0176. The summed E-state index contributed by atoms with van der Waals surface area (Å²) in [7, 11) is 0. The Morgan fingerprint density at radius 2 is 1.79 bits per heavy atom. The lowest BCUT2D eigenvalue weighted by atomic mass is 9.97. The summed E-state index contributed by atoms with van der Waals surface area (Å²) in [5.41, 5.74) is 0.715. The fourth-order valence-corrected chi connectivity index (χ4v) is 3.22. The van der Waals surface area contributed by atoms with Crippen molar-refractivity contribution < 1.29 is 13.9 Å². The standard InChI is InChI=1S/C21H26FN3O3/c1-21(2,3)28-20(27)24-12-10-15(11-13-24)14-25-19(26)9-8-18(23-25)16-4-6-17(22)7-5-16/h4-9,15H,10-14H2,1-3H3. The van der Waals surface area contributed by atoms with Crippen LogP contribution in [-0.4, -0.2) is 39.5 Å². The normalized spacial score (nSPS) is 15.5. The molecule has 0 saturated carbocycles. The number of hydrogen-bond donors (Lipinski definition) is 0. The van der Waals surface area contributed by atoms with Gasteiger partial charge in [-0.1, -0.05) is 0 Å². The zero-order valence-electron chi connectivity index (χ0n) is 16.5. The van der Waals surface area contributed by atoms with E-state index in [1.54, 1.807) is 23.1 Å². The largest absolute Gasteiger partial charge is 0.444 e. The van der Waals surface area contributed by atoms with Crippen molar-refractivity contribution in [3.05, 3.63) is 52.6 Å². The van der Waals surface area contributed by atoms with E-state index in [0.717, 1.165) is 18.4 Å². The number of nitrogens with zero attached hydrogens (tertiary/aromatic N) is 3. The quantitative estimate of drug-likeness (QED) is 0.806. The molecule has 1 amide bonds. The van der Waals surface area contributed by atoms with Gasteiger partial charge < -0.3 is 9.64 Å². The van der Waals surface area contributed by atoms with Crippen molar-refractivity contribution in [1.29, 1.82) is 0 Å². The Kier molecular flexibility index (Phi) is 5.82. The van der Waals surface area contributed by atoms with E-state index in [2.05, 4.69) is 5.10 Å². The number of rotatable bonds is 3. The lowest BCUT2D eigenvalue weighted by Gasteiger charge is -2.33. The summed E-state index contributed by atoms with van der Waals surface area (Å²) >= 11 is 0. The number of likely N-dealkylation sites (tertiary alicyclic amines) is 1. The molecule has 0 atom stereocenters. The Labute approximate surface area is 163 Å². The van der Waals surface area contributed by atoms with Gasteiger partial charge in [0.15, 0.2) is 0 Å². The molecule has 1 fully saturated rings. The Bertz CT molecular complexity index is 879. The van der Waals surface area contributed by atoms with E-state index < -0.39 is 5.60 Å². The molecule has 0 N–H and O–H groups in total. The summed E-state index contributed by atoms with van der Waals surface area (Å²) < 4.78 is 20.0. The van der Waals surface area contributed by atoms with Crippen molar-refractivity contribution in [1.82, 2.24) is 14.7 Å². The highest BCUT2D eigenvalue weighted by atomic mass is 19.1. The van der Waals surface area contributed by atoms with Crippen LogP contribution in [0.3, 0.4) is 0 Å². The number of carbonyl (C=O) groups is 1. The highest BCUT2D eigenvalue weighted by Gasteiger charge is 2.27. The second kappa shape index (κ2) is 8.12. The van der Waals surface area contributed by atoms with Crippen LogP contribution in [0.4, 0.5) is 9.18 Å². The number of carbonyl (C=O) groups excluding carboxylic acids is 1. The van der Waals surface area contributed by atoms with Crippen molar-refractivity contribution in [2.45, 2.75) is 45.8 Å². The van der Waals surface area contributed by atoms with Gasteiger partial charge in [-0.15, -0.1) is 0 Å². The van der Waals surface area contributed by atoms with Crippen LogP contribution >= 0.6 is 0 Å². The number of hydrogen-bond acceptors (Lipinski definition) is 4. The second-order valence-corrected chi connectivity index (χ2v) is 8.16. The third-order valence-electron chi connectivity index (χ3n) is 4.70. The molecule has 1 saturated heterocycles. The van der Waals surface area contributed by atoms with Gasteiger partial charge in [-0.2, -0.15) is 5.10 Å². The maximum absolute atomic E-state index is 13.1. The van der Waals surface area contributed by atoms with Gasteiger partial charge in [0.1, 0.15) is 11.4 Å². The Balaban J connectivity index is 1.63. The minimum absolute atomic E-state index is 0.166. The van der Waals surface area contributed by atoms with Crippen LogP contribution in [0.1, 0.15) is 33.6 Å². The molecule has 1 aromatic heterocycles. The van der Waals surface area contributed by atoms with E-state index in [1.165, 1.54) is 22.9 Å². The van der Waals surface area contributed by atoms with Crippen LogP contribution in [0.5, 0.6) is 0 Å². The monoisotopic (exact) mass is 387 g/mol. The Hall–Kier alpha value is -2.70. The molecule has 28 heavy (non-hydrogen) atoms. The SMILES string of the molecule is CC(C)(C)OC(=O)N1CCC(Cn2nc(-c3ccc(F)cc3)ccc2=O)CC1. The number of benzene rings is 1. The first-order valence-electron chi connectivity index (χ1n) is 9.53. The molecule has 2 aromatic rings. The van der Waals surface area contributed by atoms with E-state index in [-0.39, 0.29) is 23.4 Å². The van der Waals surface area contributed by atoms with Crippen LogP contribution in [0.15, 0.2) is 41.2 Å². The summed E-state index contributed by atoms with van der Waals surface area (Å²) in [6.07, 6.45) is 1.28. The minimum atomic E-state index is -0.508. The number of ether oxygens (including phenoxy) is 1. The molecule has 7 heteroatoms. The number of amides is 1. The lowest BCUT2D eigenvalue weighted by Crippen LogP contribution is -2.42. The van der Waals surface area contributed by atoms with Crippen LogP contribution in [0, 0.1) is 11.7 Å². The molecule has 6 nitrogen and oxygen atoms in total. The van der Waals surface area contributed by atoms with Crippen molar-refractivity contribution in [3.8, 4) is 11.3 Å². The van der Waals surface area contributed by atoms with E-state index in [9.17, 15) is 14.0 Å². The molecule has 1 aliphatic rings. The molecule has 0 spiro atoms. The zero-order valence-corrected chi connectivity index (χ0v) is 16.5. The molecule has 0 bridgehead atoms. The average Bonchev–Trinajstić information content (AvgIpc) is 2.63. The fraction of sp³-hybridized carbons (Fsp3) is 0.476. The van der Waals surface area contributed by atoms with E-state index >= 15 is 0 Å². The second-order valence-electron chi connectivity index (χ2n) is 8.16. The molecule has 1 aliphatic heterocycles. The highest BCUT2D eigenvalue weighted by molar-refractivity contribution is 5.68. The predicted octanol–water partition coefficient (Wildman–Crippen LogP) is 3.70. The molecule has 1 aromatic carbocycles. The van der Waals surface area contributed by atoms with Gasteiger partial charge in [-0.25, -0.2) is 13.9 Å². The number of piperidine rings is 1. The average molecular weight is 387 g/mol. The first kappa shape index (κ1) is 20.0. The highest BCUT2D eigenvalue weighted by Crippen LogP contribution is 2.21. The molecule has 0 unspecified atom stereocenters. The predicted molar refractivity (Wildman–Crippen MR) is 104 cm³/mol. The smallest absolute Gasteiger partial charge is 0.410 e. The maximum Gasteiger partial charge on any atom is 0.410 e. The van der Waals surface area contributed by atoms with E-state index in [4.69, 9.17) is 4.74 Å². The van der Waals surface area contributed by atoms with Crippen LogP contribution in [0.2, 0.25) is 0 Å². The van der Waals surface area contributed by atoms with Gasteiger partial charge in [0.25, 0.3) is 5.56 Å². The van der Waals surface area contributed by atoms with Crippen molar-refractivity contribution in [2.24, 2.45) is 5.92 Å². The molecular formula is C21H26FN3O3. The summed E-state index contributed by atoms with van der Waals surface area (Å²) in [5, 5.41) is 4.45. The molecule has 2 heterocycles. The van der Waals surface area contributed by atoms with E-state index in [1.807, 2.05) is 20.8 Å². The topological polar surface area (TPSA) is 64.4 Å². The van der Waals surface area contributed by atoms with E-state index in [0.29, 0.717) is 25.3 Å². The zero-order chi connectivity index (χ0) is 20.3. The molecule has 0 aliphatic carbocycles. The van der Waals surface area contributed by atoms with Gasteiger partial charge in [-0.3, -0.25) is 4.79 Å². The van der Waals surface area contributed by atoms with Crippen molar-refractivity contribution in [2.75, 3.05) is 13.1 Å². The minimum Gasteiger partial charge on any atom is -0.444 e. The Morgan fingerprint density at radius 1 is 1.14 bits per heavy atom. The van der Waals surface area contributed by atoms with Crippen LogP contribution < -0.4 is 5.56 Å². The molecule has 3 rings (SSSR count). The third kappa shape index (κ3) is 5.18. The van der Waals surface area contributed by atoms with Gasteiger partial charge in [0.2, 0.25) is 0 Å². The molecule has 0 radical (unpaired) electrons. The third-order valence-corrected chi connectivity index (χ3v) is 4.70. The number of aromatic nitrogens is 2.